The van der Waals surface area contributed by atoms with E-state index in [0.29, 0.717) is 6.61 Å². The van der Waals surface area contributed by atoms with Gasteiger partial charge in [-0.05, 0) is 0 Å². The Labute approximate surface area is 124 Å². The largest absolute Gasteiger partial charge is 0.425 e. The van der Waals surface area contributed by atoms with Crippen LogP contribution in [0.15, 0.2) is 0 Å². The zero-order chi connectivity index (χ0) is 15.7. The van der Waals surface area contributed by atoms with E-state index in [-0.39, 0.29) is 19.8 Å². The second-order valence-corrected chi connectivity index (χ2v) is 5.08. The molecule has 3 fully saturated rings. The molecule has 0 spiro atoms. The second-order valence-electron chi connectivity index (χ2n) is 5.08. The highest BCUT2D eigenvalue weighted by molar-refractivity contribution is 5.75. The van der Waals surface area contributed by atoms with Gasteiger partial charge in [0.15, 0.2) is 12.2 Å². The lowest BCUT2D eigenvalue weighted by Gasteiger charge is -2.31. The van der Waals surface area contributed by atoms with Gasteiger partial charge in [-0.1, -0.05) is 0 Å². The summed E-state index contributed by atoms with van der Waals surface area (Å²) in [5.41, 5.74) is 0. The molecule has 1 unspecified atom stereocenters. The summed E-state index contributed by atoms with van der Waals surface area (Å²) in [6.07, 6.45) is -3.95. The number of rotatable bonds is 4. The second kappa shape index (κ2) is 5.93. The predicted octanol–water partition coefficient (Wildman–Crippen LogP) is -1.99. The summed E-state index contributed by atoms with van der Waals surface area (Å²) in [5, 5.41) is 19.3. The van der Waals surface area contributed by atoms with E-state index in [0.717, 1.165) is 0 Å². The number of ether oxygens (including phenoxy) is 5. The van der Waals surface area contributed by atoms with E-state index >= 15 is 0 Å². The van der Waals surface area contributed by atoms with Gasteiger partial charge in [0.1, 0.15) is 18.8 Å². The van der Waals surface area contributed by atoms with Crippen LogP contribution in [0.3, 0.4) is 0 Å². The molecule has 0 aliphatic carbocycles. The van der Waals surface area contributed by atoms with Crippen LogP contribution in [-0.2, 0) is 33.3 Å². The Morgan fingerprint density at radius 1 is 1.27 bits per heavy atom. The van der Waals surface area contributed by atoms with Crippen molar-refractivity contribution in [1.29, 1.82) is 0 Å². The molecule has 0 radical (unpaired) electrons. The Hall–Kier alpha value is -1.53. The lowest BCUT2D eigenvalue weighted by atomic mass is 10.1. The first kappa shape index (κ1) is 15.4. The van der Waals surface area contributed by atoms with Crippen molar-refractivity contribution in [2.75, 3.05) is 33.0 Å². The third-order valence-electron chi connectivity index (χ3n) is 3.62. The molecule has 3 rings (SSSR count). The first-order valence-corrected chi connectivity index (χ1v) is 6.69. The third kappa shape index (κ3) is 2.73. The van der Waals surface area contributed by atoms with Crippen molar-refractivity contribution in [3.63, 3.8) is 0 Å². The van der Waals surface area contributed by atoms with Crippen molar-refractivity contribution in [1.82, 2.24) is 0 Å². The maximum absolute atomic E-state index is 12.1. The first-order chi connectivity index (χ1) is 10.5. The Bertz CT molecular complexity index is 452. The number of nitrogens with zero attached hydrogens (tertiary/aromatic N) is 1. The molecule has 0 aromatic carbocycles. The van der Waals surface area contributed by atoms with Gasteiger partial charge in [-0.2, -0.15) is 0 Å². The number of aliphatic hydroxyl groups is 1. The number of esters is 1. The van der Waals surface area contributed by atoms with Crippen molar-refractivity contribution in [3.8, 4) is 0 Å². The van der Waals surface area contributed by atoms with Crippen LogP contribution in [0.25, 0.3) is 0 Å². The number of fused-ring (bicyclic) bond motifs is 1. The summed E-state index contributed by atoms with van der Waals surface area (Å²) >= 11 is 0. The lowest BCUT2D eigenvalue weighted by molar-refractivity contribution is -0.796. The average molecular weight is 321 g/mol. The topological polar surface area (TPSA) is 136 Å². The van der Waals surface area contributed by atoms with Crippen molar-refractivity contribution in [3.05, 3.63) is 10.1 Å². The first-order valence-electron chi connectivity index (χ1n) is 6.69. The zero-order valence-electron chi connectivity index (χ0n) is 11.4. The quantitative estimate of drug-likeness (QED) is 0.268. The van der Waals surface area contributed by atoms with Gasteiger partial charge in [0, 0.05) is 0 Å². The minimum atomic E-state index is -2.07. The average Bonchev–Trinajstić information content (AvgIpc) is 3.02. The minimum Gasteiger partial charge on any atom is -0.425 e. The van der Waals surface area contributed by atoms with E-state index in [4.69, 9.17) is 23.7 Å². The van der Waals surface area contributed by atoms with Gasteiger partial charge in [-0.25, -0.2) is 4.79 Å². The van der Waals surface area contributed by atoms with Crippen LogP contribution < -0.4 is 0 Å². The molecular formula is C11H15NO10. The number of aliphatic hydroxyl groups excluding tert-OH is 1. The molecule has 124 valence electrons. The minimum absolute atomic E-state index is 0.0220. The number of hydrogen-bond donors (Lipinski definition) is 1. The van der Waals surface area contributed by atoms with Gasteiger partial charge < -0.3 is 28.8 Å². The molecule has 1 N–H and O–H groups in total. The molecule has 0 bridgehead atoms. The van der Waals surface area contributed by atoms with Crippen molar-refractivity contribution in [2.45, 2.75) is 30.2 Å². The fourth-order valence-electron chi connectivity index (χ4n) is 2.63. The van der Waals surface area contributed by atoms with E-state index in [1.165, 1.54) is 0 Å². The summed E-state index contributed by atoms with van der Waals surface area (Å²) in [4.78, 5) is 27.4. The van der Waals surface area contributed by atoms with Gasteiger partial charge in [0.2, 0.25) is 0 Å². The van der Waals surface area contributed by atoms with E-state index < -0.39 is 47.9 Å². The molecule has 11 nitrogen and oxygen atoms in total. The molecule has 0 amide bonds. The highest BCUT2D eigenvalue weighted by Gasteiger charge is 2.62. The normalized spacial score (nSPS) is 41.0. The molecule has 3 saturated heterocycles. The van der Waals surface area contributed by atoms with Crippen LogP contribution in [-0.4, -0.2) is 79.4 Å². The standard InChI is InChI=1S/C11H15NO10/c13-6-3-19-9-8(6)20-5-11(9,22-12(15)16)21-10(14)7-4-17-1-2-18-7/h6-9,13H,1-5H2/t6-,7?,8-,9+,11-/m1/s1. The van der Waals surface area contributed by atoms with Crippen LogP contribution in [0.5, 0.6) is 0 Å². The Morgan fingerprint density at radius 2 is 2.09 bits per heavy atom. The van der Waals surface area contributed by atoms with Crippen molar-refractivity contribution in [2.24, 2.45) is 0 Å². The number of hydrogen-bond acceptors (Lipinski definition) is 10. The smallest absolute Gasteiger partial charge is 0.340 e. The number of carbonyl (C=O) groups is 1. The SMILES string of the molecule is O=C(O[C@@]1(O[N+](=O)[O-])CO[C@@H]2[C@H](O)CO[C@@H]21)C1COCCO1. The van der Waals surface area contributed by atoms with Crippen LogP contribution in [0.2, 0.25) is 0 Å². The summed E-state index contributed by atoms with van der Waals surface area (Å²) in [6.45, 7) is 0.00825. The Balaban J connectivity index is 1.75. The molecule has 0 saturated carbocycles. The van der Waals surface area contributed by atoms with Crippen LogP contribution >= 0.6 is 0 Å². The number of carbonyl (C=O) groups excluding carboxylic acids is 1. The molecule has 11 heteroatoms. The summed E-state index contributed by atoms with van der Waals surface area (Å²) in [7, 11) is 0. The predicted molar refractivity (Wildman–Crippen MR) is 62.9 cm³/mol. The van der Waals surface area contributed by atoms with E-state index in [1.807, 2.05) is 0 Å². The molecular weight excluding hydrogens is 306 g/mol. The molecule has 3 heterocycles. The maximum Gasteiger partial charge on any atom is 0.340 e. The molecule has 5 atom stereocenters. The molecule has 0 aromatic rings. The Morgan fingerprint density at radius 3 is 2.77 bits per heavy atom. The van der Waals surface area contributed by atoms with Gasteiger partial charge in [0.05, 0.1) is 26.4 Å². The van der Waals surface area contributed by atoms with E-state index in [1.54, 1.807) is 0 Å². The van der Waals surface area contributed by atoms with Gasteiger partial charge >= 0.3 is 11.8 Å². The third-order valence-corrected chi connectivity index (χ3v) is 3.62. The van der Waals surface area contributed by atoms with Gasteiger partial charge in [-0.3, -0.25) is 4.84 Å². The zero-order valence-corrected chi connectivity index (χ0v) is 11.4. The summed E-state index contributed by atoms with van der Waals surface area (Å²) < 4.78 is 25.9. The molecule has 22 heavy (non-hydrogen) atoms. The molecule has 3 aliphatic heterocycles. The van der Waals surface area contributed by atoms with Crippen molar-refractivity contribution < 1.29 is 43.5 Å². The summed E-state index contributed by atoms with van der Waals surface area (Å²) in [6, 6.07) is 0. The van der Waals surface area contributed by atoms with Gasteiger partial charge in [-0.15, -0.1) is 10.1 Å². The lowest BCUT2D eigenvalue weighted by Crippen LogP contribution is -2.53. The highest BCUT2D eigenvalue weighted by atomic mass is 17.0. The fourth-order valence-corrected chi connectivity index (χ4v) is 2.63. The fraction of sp³-hybridized carbons (Fsp3) is 0.909. The van der Waals surface area contributed by atoms with Crippen LogP contribution in [0, 0.1) is 10.1 Å². The maximum atomic E-state index is 12.1. The summed E-state index contributed by atoms with van der Waals surface area (Å²) in [5.74, 6) is -2.94. The monoisotopic (exact) mass is 321 g/mol. The van der Waals surface area contributed by atoms with Crippen molar-refractivity contribution >= 4 is 5.97 Å². The highest BCUT2D eigenvalue weighted by Crippen LogP contribution is 2.38. The van der Waals surface area contributed by atoms with Crippen LogP contribution in [0.4, 0.5) is 0 Å². The van der Waals surface area contributed by atoms with Crippen LogP contribution in [0.1, 0.15) is 0 Å². The molecule has 3 aliphatic rings. The Kier molecular flexibility index (Phi) is 4.14. The van der Waals surface area contributed by atoms with Gasteiger partial charge in [0.25, 0.3) is 5.09 Å². The van der Waals surface area contributed by atoms with E-state index in [9.17, 15) is 20.0 Å². The molecule has 0 aromatic heterocycles. The van der Waals surface area contributed by atoms with E-state index in [2.05, 4.69) is 4.84 Å².